The van der Waals surface area contributed by atoms with Gasteiger partial charge in [0.2, 0.25) is 5.91 Å². The third-order valence-electron chi connectivity index (χ3n) is 4.50. The summed E-state index contributed by atoms with van der Waals surface area (Å²) in [5.41, 5.74) is 5.33. The summed E-state index contributed by atoms with van der Waals surface area (Å²) >= 11 is 4.43. The zero-order chi connectivity index (χ0) is 18.3. The number of thiol groups is 1. The Balaban J connectivity index is 1.66. The average molecular weight is 365 g/mol. The highest BCUT2D eigenvalue weighted by Crippen LogP contribution is 2.29. The molecule has 0 aliphatic carbocycles. The highest BCUT2D eigenvalue weighted by molar-refractivity contribution is 7.80. The number of hydrogen-bond acceptors (Lipinski definition) is 5. The van der Waals surface area contributed by atoms with E-state index in [2.05, 4.69) is 28.3 Å². The molecule has 7 heteroatoms. The molecule has 0 spiro atoms. The molecule has 1 aliphatic heterocycles. The summed E-state index contributed by atoms with van der Waals surface area (Å²) in [6.07, 6.45) is 0. The van der Waals surface area contributed by atoms with Crippen LogP contribution in [0.25, 0.3) is 17.1 Å². The summed E-state index contributed by atoms with van der Waals surface area (Å²) in [5, 5.41) is 10.8. The van der Waals surface area contributed by atoms with Gasteiger partial charge >= 0.3 is 0 Å². The number of anilines is 1. The average Bonchev–Trinajstić information content (AvgIpc) is 3.15. The molecule has 2 heterocycles. The first-order chi connectivity index (χ1) is 12.5. The summed E-state index contributed by atoms with van der Waals surface area (Å²) in [6, 6.07) is 17.8. The van der Waals surface area contributed by atoms with E-state index in [1.165, 1.54) is 0 Å². The van der Waals surface area contributed by atoms with Gasteiger partial charge in [-0.3, -0.25) is 19.8 Å². The highest BCUT2D eigenvalue weighted by Gasteiger charge is 2.38. The van der Waals surface area contributed by atoms with E-state index in [4.69, 9.17) is 0 Å². The van der Waals surface area contributed by atoms with Crippen molar-refractivity contribution in [2.24, 2.45) is 5.41 Å². The monoisotopic (exact) mass is 365 g/mol. The summed E-state index contributed by atoms with van der Waals surface area (Å²) < 4.78 is 1.90. The van der Waals surface area contributed by atoms with Crippen LogP contribution in [0.3, 0.4) is 0 Å². The van der Waals surface area contributed by atoms with E-state index >= 15 is 0 Å². The Labute approximate surface area is 157 Å². The normalized spacial score (nSPS) is 16.0. The van der Waals surface area contributed by atoms with E-state index in [0.717, 1.165) is 22.8 Å². The molecule has 0 atom stereocenters. The first-order valence-corrected chi connectivity index (χ1v) is 8.79. The van der Waals surface area contributed by atoms with Gasteiger partial charge in [0.05, 0.1) is 17.6 Å². The number of benzene rings is 2. The lowest BCUT2D eigenvalue weighted by Gasteiger charge is -2.19. The van der Waals surface area contributed by atoms with Crippen LogP contribution in [0.15, 0.2) is 59.8 Å². The van der Waals surface area contributed by atoms with Crippen molar-refractivity contribution in [3.63, 3.8) is 0 Å². The third-order valence-corrected chi connectivity index (χ3v) is 4.79. The number of aromatic nitrogens is 3. The van der Waals surface area contributed by atoms with Gasteiger partial charge in [-0.15, -0.1) is 22.8 Å². The van der Waals surface area contributed by atoms with Gasteiger partial charge in [0, 0.05) is 11.3 Å². The number of carbonyl (C=O) groups excluding carboxylic acids is 1. The molecule has 1 amide bonds. The zero-order valence-electron chi connectivity index (χ0n) is 14.5. The lowest BCUT2D eigenvalue weighted by Crippen LogP contribution is -2.33. The fourth-order valence-electron chi connectivity index (χ4n) is 3.00. The van der Waals surface area contributed by atoms with Crippen molar-refractivity contribution in [1.29, 1.82) is 0 Å². The van der Waals surface area contributed by atoms with Gasteiger partial charge in [0.15, 0.2) is 11.0 Å². The largest absolute Gasteiger partial charge is 0.284 e. The van der Waals surface area contributed by atoms with Crippen molar-refractivity contribution in [3.8, 4) is 17.1 Å². The quantitative estimate of drug-likeness (QED) is 0.700. The van der Waals surface area contributed by atoms with Gasteiger partial charge in [-0.2, -0.15) is 0 Å². The molecular weight excluding hydrogens is 346 g/mol. The summed E-state index contributed by atoms with van der Waals surface area (Å²) in [5.74, 6) is 0.753. The summed E-state index contributed by atoms with van der Waals surface area (Å²) in [7, 11) is 0. The van der Waals surface area contributed by atoms with Crippen LogP contribution in [0, 0.1) is 5.41 Å². The van der Waals surface area contributed by atoms with Gasteiger partial charge < -0.3 is 0 Å². The van der Waals surface area contributed by atoms with E-state index in [1.807, 2.05) is 78.0 Å². The minimum Gasteiger partial charge on any atom is -0.284 e. The zero-order valence-corrected chi connectivity index (χ0v) is 15.4. The summed E-state index contributed by atoms with van der Waals surface area (Å²) in [4.78, 5) is 12.0. The fourth-order valence-corrected chi connectivity index (χ4v) is 3.26. The van der Waals surface area contributed by atoms with Crippen molar-refractivity contribution in [1.82, 2.24) is 20.2 Å². The number of carbonyl (C=O) groups is 1. The van der Waals surface area contributed by atoms with Crippen LogP contribution in [0.1, 0.15) is 13.8 Å². The maximum absolute atomic E-state index is 12.0. The van der Waals surface area contributed by atoms with Crippen molar-refractivity contribution in [3.05, 3.63) is 54.6 Å². The fraction of sp³-hybridized carbons (Fsp3) is 0.211. The molecule has 1 aromatic heterocycles. The van der Waals surface area contributed by atoms with Gasteiger partial charge in [-0.25, -0.2) is 0 Å². The molecule has 1 fully saturated rings. The van der Waals surface area contributed by atoms with Gasteiger partial charge in [-0.1, -0.05) is 18.2 Å². The van der Waals surface area contributed by atoms with Crippen LogP contribution < -0.4 is 10.4 Å². The Morgan fingerprint density at radius 2 is 1.69 bits per heavy atom. The van der Waals surface area contributed by atoms with Gasteiger partial charge in [-0.05, 0) is 50.2 Å². The van der Waals surface area contributed by atoms with Crippen LogP contribution in [-0.2, 0) is 4.79 Å². The first-order valence-electron chi connectivity index (χ1n) is 8.34. The third kappa shape index (κ3) is 2.84. The molecule has 0 radical (unpaired) electrons. The molecule has 6 nitrogen and oxygen atoms in total. The van der Waals surface area contributed by atoms with Gasteiger partial charge in [0.1, 0.15) is 0 Å². The van der Waals surface area contributed by atoms with E-state index in [9.17, 15) is 4.79 Å². The van der Waals surface area contributed by atoms with Crippen LogP contribution in [0.2, 0.25) is 0 Å². The molecule has 26 heavy (non-hydrogen) atoms. The second-order valence-electron chi connectivity index (χ2n) is 6.95. The molecule has 3 aromatic rings. The second-order valence-corrected chi connectivity index (χ2v) is 7.35. The predicted octanol–water partition coefficient (Wildman–Crippen LogP) is 3.10. The maximum atomic E-state index is 12.0. The Kier molecular flexibility index (Phi) is 3.96. The second kappa shape index (κ2) is 6.17. The molecule has 0 bridgehead atoms. The van der Waals surface area contributed by atoms with Crippen molar-refractivity contribution < 1.29 is 4.79 Å². The van der Waals surface area contributed by atoms with Crippen LogP contribution in [-0.4, -0.2) is 27.2 Å². The van der Waals surface area contributed by atoms with E-state index in [0.29, 0.717) is 11.7 Å². The lowest BCUT2D eigenvalue weighted by atomic mass is 9.94. The van der Waals surface area contributed by atoms with Crippen LogP contribution >= 0.6 is 12.6 Å². The number of hydrazine groups is 1. The molecule has 0 saturated carbocycles. The number of para-hydroxylation sites is 1. The van der Waals surface area contributed by atoms with E-state index in [-0.39, 0.29) is 5.91 Å². The minimum absolute atomic E-state index is 0.0325. The highest BCUT2D eigenvalue weighted by atomic mass is 32.1. The molecule has 1 saturated heterocycles. The van der Waals surface area contributed by atoms with Crippen molar-refractivity contribution >= 4 is 24.2 Å². The number of nitrogens with one attached hydrogen (secondary N) is 1. The Bertz CT molecular complexity index is 950. The maximum Gasteiger partial charge on any atom is 0.246 e. The molecule has 0 unspecified atom stereocenters. The smallest absolute Gasteiger partial charge is 0.246 e. The first kappa shape index (κ1) is 16.7. The van der Waals surface area contributed by atoms with Crippen LogP contribution in [0.5, 0.6) is 0 Å². The molecule has 1 aliphatic rings. The predicted molar refractivity (Wildman–Crippen MR) is 103 cm³/mol. The number of amides is 1. The molecule has 1 N–H and O–H groups in total. The topological polar surface area (TPSA) is 63.1 Å². The van der Waals surface area contributed by atoms with Gasteiger partial charge in [0.25, 0.3) is 0 Å². The Hall–Kier alpha value is -2.80. The summed E-state index contributed by atoms with van der Waals surface area (Å²) in [6.45, 7) is 4.51. The Morgan fingerprint density at radius 1 is 1.00 bits per heavy atom. The number of rotatable bonds is 3. The minimum atomic E-state index is -0.396. The molecule has 4 rings (SSSR count). The molecular formula is C19H19N5OS. The van der Waals surface area contributed by atoms with Crippen LogP contribution in [0.4, 0.5) is 5.69 Å². The van der Waals surface area contributed by atoms with Crippen molar-refractivity contribution in [2.45, 2.75) is 19.0 Å². The molecule has 132 valence electrons. The lowest BCUT2D eigenvalue weighted by molar-refractivity contribution is -0.125. The molecule has 2 aromatic carbocycles. The standard InChI is InChI=1S/C19H19N5OS/c1-19(2)12-23(22-17(19)25)14-10-8-13(9-11-14)16-20-21-18(26)24(16)15-6-4-3-5-7-15/h3-11H,12H2,1-2H3,(H,21,26)(H,22,25). The van der Waals surface area contributed by atoms with E-state index < -0.39 is 5.41 Å². The van der Waals surface area contributed by atoms with E-state index in [1.54, 1.807) is 0 Å². The van der Waals surface area contributed by atoms with Crippen molar-refractivity contribution in [2.75, 3.05) is 11.6 Å². The Morgan fingerprint density at radius 3 is 2.31 bits per heavy atom. The number of nitrogens with zero attached hydrogens (tertiary/aromatic N) is 4. The SMILES string of the molecule is CC1(C)CN(c2ccc(-c3nnc(S)n3-c3ccccc3)cc2)NC1=O. The number of hydrogen-bond donors (Lipinski definition) is 2.